The zero-order chi connectivity index (χ0) is 26.5. The summed E-state index contributed by atoms with van der Waals surface area (Å²) in [7, 11) is 0. The first kappa shape index (κ1) is 26.7. The topological polar surface area (TPSA) is 49.1 Å². The average Bonchev–Trinajstić information content (AvgIpc) is 3.56. The molecule has 0 saturated carbocycles. The van der Waals surface area contributed by atoms with Gasteiger partial charge in [-0.15, -0.1) is 11.3 Å². The Balaban J connectivity index is 1.42. The van der Waals surface area contributed by atoms with Gasteiger partial charge in [0, 0.05) is 42.5 Å². The van der Waals surface area contributed by atoms with Crippen molar-refractivity contribution >= 4 is 11.3 Å². The Morgan fingerprint density at radius 2 is 1.61 bits per heavy atom. The number of aryl methyl sites for hydroxylation is 1. The van der Waals surface area contributed by atoms with Crippen LogP contribution in [0.1, 0.15) is 32.4 Å². The van der Waals surface area contributed by atoms with Gasteiger partial charge in [-0.25, -0.2) is 8.78 Å². The average molecular weight is 539 g/mol. The zero-order valence-electron chi connectivity index (χ0n) is 21.4. The molecule has 0 aliphatic carbocycles. The molecule has 200 valence electrons. The highest BCUT2D eigenvalue weighted by Crippen LogP contribution is 2.38. The first-order chi connectivity index (χ1) is 18.4. The number of halogens is 2. The first-order valence-corrected chi connectivity index (χ1v) is 13.6. The van der Waals surface area contributed by atoms with E-state index in [2.05, 4.69) is 28.9 Å². The number of furan rings is 1. The molecule has 0 bridgehead atoms. The van der Waals surface area contributed by atoms with E-state index < -0.39 is 17.2 Å². The number of benzene rings is 2. The van der Waals surface area contributed by atoms with Gasteiger partial charge in [-0.3, -0.25) is 9.80 Å². The maximum atomic E-state index is 14.2. The Hall–Kier alpha value is -2.88. The predicted octanol–water partition coefficient (Wildman–Crippen LogP) is 5.55. The van der Waals surface area contributed by atoms with Crippen LogP contribution in [0.3, 0.4) is 0 Å². The van der Waals surface area contributed by atoms with Crippen LogP contribution in [0.5, 0.6) is 0 Å². The molecule has 4 aromatic rings. The van der Waals surface area contributed by atoms with Crippen molar-refractivity contribution in [3.05, 3.63) is 117 Å². The molecular weight excluding hydrogens is 506 g/mol. The van der Waals surface area contributed by atoms with Gasteiger partial charge in [-0.1, -0.05) is 24.3 Å². The van der Waals surface area contributed by atoms with E-state index in [1.807, 2.05) is 6.07 Å². The smallest absolute Gasteiger partial charge is 0.173 e. The third-order valence-corrected chi connectivity index (χ3v) is 7.88. The second kappa shape index (κ2) is 11.9. The largest absolute Gasteiger partial charge is 0.461 e. The van der Waals surface area contributed by atoms with Crippen molar-refractivity contribution in [1.82, 2.24) is 9.80 Å². The summed E-state index contributed by atoms with van der Waals surface area (Å²) in [5, 5.41) is 12.0. The van der Waals surface area contributed by atoms with Crippen molar-refractivity contribution in [3.63, 3.8) is 0 Å². The second-order valence-electron chi connectivity index (χ2n) is 9.67. The molecular formula is C30H32F2N2O3S. The fourth-order valence-corrected chi connectivity index (χ4v) is 5.80. The minimum absolute atomic E-state index is 0.212. The van der Waals surface area contributed by atoms with Gasteiger partial charge in [0.2, 0.25) is 0 Å². The lowest BCUT2D eigenvalue weighted by atomic mass is 9.84. The highest BCUT2D eigenvalue weighted by Gasteiger charge is 2.38. The van der Waals surface area contributed by atoms with Crippen LogP contribution in [0.2, 0.25) is 0 Å². The second-order valence-corrected chi connectivity index (χ2v) is 11.0. The molecule has 0 spiro atoms. The number of hydrogen-bond donors (Lipinski definition) is 1. The number of hydrogen-bond acceptors (Lipinski definition) is 6. The van der Waals surface area contributed by atoms with Gasteiger partial charge >= 0.3 is 0 Å². The summed E-state index contributed by atoms with van der Waals surface area (Å²) < 4.78 is 40.1. The van der Waals surface area contributed by atoms with Crippen molar-refractivity contribution in [2.75, 3.05) is 39.4 Å². The minimum Gasteiger partial charge on any atom is -0.461 e. The standard InChI is InChI=1S/C30H32F2N2O3S/c1-22-8-10-28(38-22)21-34(13-12-33-14-16-36-17-15-33)20-27-9-11-29(37-27)30(35,23-4-2-6-25(31)18-23)24-5-3-7-26(32)19-24/h2-11,18-19,35H,12-17,20-21H2,1H3. The lowest BCUT2D eigenvalue weighted by Crippen LogP contribution is -2.41. The normalized spacial score (nSPS) is 14.9. The first-order valence-electron chi connectivity index (χ1n) is 12.8. The number of aliphatic hydroxyl groups is 1. The van der Waals surface area contributed by atoms with Crippen molar-refractivity contribution in [2.45, 2.75) is 25.6 Å². The molecule has 1 fully saturated rings. The van der Waals surface area contributed by atoms with Gasteiger partial charge in [0.15, 0.2) is 5.60 Å². The van der Waals surface area contributed by atoms with E-state index in [4.69, 9.17) is 9.15 Å². The molecule has 38 heavy (non-hydrogen) atoms. The Morgan fingerprint density at radius 1 is 0.921 bits per heavy atom. The SMILES string of the molecule is Cc1ccc(CN(CCN2CCOCC2)Cc2ccc(C(O)(c3cccc(F)c3)c3cccc(F)c3)o2)s1. The third kappa shape index (κ3) is 6.22. The van der Waals surface area contributed by atoms with E-state index in [0.717, 1.165) is 45.9 Å². The molecule has 2 aromatic carbocycles. The molecule has 0 radical (unpaired) electrons. The van der Waals surface area contributed by atoms with Crippen LogP contribution in [0, 0.1) is 18.6 Å². The molecule has 5 nitrogen and oxygen atoms in total. The molecule has 1 N–H and O–H groups in total. The van der Waals surface area contributed by atoms with E-state index in [1.54, 1.807) is 29.5 Å². The number of thiophene rings is 1. The molecule has 0 unspecified atom stereocenters. The van der Waals surface area contributed by atoms with Crippen LogP contribution < -0.4 is 0 Å². The van der Waals surface area contributed by atoms with E-state index in [9.17, 15) is 13.9 Å². The Morgan fingerprint density at radius 3 is 2.21 bits per heavy atom. The number of morpholine rings is 1. The van der Waals surface area contributed by atoms with Gasteiger partial charge in [0.05, 0.1) is 19.8 Å². The van der Waals surface area contributed by atoms with E-state index in [-0.39, 0.29) is 16.9 Å². The Kier molecular flexibility index (Phi) is 8.35. The summed E-state index contributed by atoms with van der Waals surface area (Å²) in [4.78, 5) is 7.26. The molecule has 0 amide bonds. The molecule has 8 heteroatoms. The van der Waals surface area contributed by atoms with Gasteiger partial charge in [-0.05, 0) is 66.6 Å². The lowest BCUT2D eigenvalue weighted by molar-refractivity contribution is 0.0320. The van der Waals surface area contributed by atoms with Gasteiger partial charge < -0.3 is 14.3 Å². The summed E-state index contributed by atoms with van der Waals surface area (Å²) in [5.74, 6) is -0.112. The fourth-order valence-electron chi connectivity index (χ4n) is 4.87. The third-order valence-electron chi connectivity index (χ3n) is 6.89. The van der Waals surface area contributed by atoms with Crippen LogP contribution in [-0.4, -0.2) is 54.3 Å². The number of rotatable bonds is 10. The summed E-state index contributed by atoms with van der Waals surface area (Å²) in [6, 6.07) is 19.2. The summed E-state index contributed by atoms with van der Waals surface area (Å²) in [5.41, 5.74) is -1.32. The summed E-state index contributed by atoms with van der Waals surface area (Å²) >= 11 is 1.78. The predicted molar refractivity (Wildman–Crippen MR) is 144 cm³/mol. The zero-order valence-corrected chi connectivity index (χ0v) is 22.2. The Labute approximate surface area is 225 Å². The Bertz CT molecular complexity index is 1300. The molecule has 0 atom stereocenters. The molecule has 3 heterocycles. The van der Waals surface area contributed by atoms with E-state index in [0.29, 0.717) is 12.3 Å². The maximum Gasteiger partial charge on any atom is 0.173 e. The van der Waals surface area contributed by atoms with Gasteiger partial charge in [0.1, 0.15) is 23.2 Å². The monoisotopic (exact) mass is 538 g/mol. The summed E-state index contributed by atoms with van der Waals surface area (Å²) in [6.07, 6.45) is 0. The maximum absolute atomic E-state index is 14.2. The fraction of sp³-hybridized carbons (Fsp3) is 0.333. The molecule has 1 aliphatic heterocycles. The van der Waals surface area contributed by atoms with Gasteiger partial charge in [0.25, 0.3) is 0 Å². The van der Waals surface area contributed by atoms with Crippen LogP contribution in [0.4, 0.5) is 8.78 Å². The molecule has 2 aromatic heterocycles. The van der Waals surface area contributed by atoms with Crippen molar-refractivity contribution < 1.29 is 23.0 Å². The van der Waals surface area contributed by atoms with Gasteiger partial charge in [-0.2, -0.15) is 0 Å². The van der Waals surface area contributed by atoms with Crippen molar-refractivity contribution in [1.29, 1.82) is 0 Å². The lowest BCUT2D eigenvalue weighted by Gasteiger charge is -2.30. The highest BCUT2D eigenvalue weighted by atomic mass is 32.1. The van der Waals surface area contributed by atoms with E-state index in [1.165, 1.54) is 46.2 Å². The van der Waals surface area contributed by atoms with Crippen LogP contribution in [-0.2, 0) is 23.4 Å². The summed E-state index contributed by atoms with van der Waals surface area (Å²) in [6.45, 7) is 8.51. The van der Waals surface area contributed by atoms with E-state index >= 15 is 0 Å². The van der Waals surface area contributed by atoms with Crippen LogP contribution in [0.15, 0.2) is 77.2 Å². The van der Waals surface area contributed by atoms with Crippen LogP contribution >= 0.6 is 11.3 Å². The highest BCUT2D eigenvalue weighted by molar-refractivity contribution is 7.11. The molecule has 1 aliphatic rings. The minimum atomic E-state index is -1.86. The molecule has 1 saturated heterocycles. The number of nitrogens with zero attached hydrogens (tertiary/aromatic N) is 2. The number of ether oxygens (including phenoxy) is 1. The molecule has 5 rings (SSSR count). The quantitative estimate of drug-likeness (QED) is 0.287. The van der Waals surface area contributed by atoms with Crippen LogP contribution in [0.25, 0.3) is 0 Å². The van der Waals surface area contributed by atoms with Crippen molar-refractivity contribution in [3.8, 4) is 0 Å². The van der Waals surface area contributed by atoms with Crippen molar-refractivity contribution in [2.24, 2.45) is 0 Å².